The quantitative estimate of drug-likeness (QED) is 0.861. The van der Waals surface area contributed by atoms with Crippen LogP contribution in [-0.4, -0.2) is 10.9 Å². The fourth-order valence-corrected chi connectivity index (χ4v) is 1.51. The van der Waals surface area contributed by atoms with Gasteiger partial charge in [-0.1, -0.05) is 6.07 Å². The fraction of sp³-hybridized carbons (Fsp3) is 0.0769. The van der Waals surface area contributed by atoms with Gasteiger partial charge in [0.1, 0.15) is 5.69 Å². The largest absolute Gasteiger partial charge is 0.433 e. The molecule has 0 saturated heterocycles. The number of halogens is 5. The van der Waals surface area contributed by atoms with Crippen molar-refractivity contribution in [3.63, 3.8) is 0 Å². The number of aromatic nitrogens is 1. The summed E-state index contributed by atoms with van der Waals surface area (Å²) in [6.45, 7) is 0. The monoisotopic (exact) mass is 302 g/mol. The Balaban J connectivity index is 2.18. The first-order valence-corrected chi connectivity index (χ1v) is 5.57. The van der Waals surface area contributed by atoms with Gasteiger partial charge in [-0.05, 0) is 24.3 Å². The molecular formula is C13H7F5N2O. The van der Waals surface area contributed by atoms with Crippen LogP contribution in [0.25, 0.3) is 0 Å². The molecule has 2 aromatic rings. The zero-order valence-corrected chi connectivity index (χ0v) is 10.2. The molecule has 3 nitrogen and oxygen atoms in total. The van der Waals surface area contributed by atoms with Crippen LogP contribution in [-0.2, 0) is 6.18 Å². The summed E-state index contributed by atoms with van der Waals surface area (Å²) < 4.78 is 63.3. The van der Waals surface area contributed by atoms with Crippen LogP contribution in [0.1, 0.15) is 16.1 Å². The molecule has 1 N–H and O–H groups in total. The molecule has 0 spiro atoms. The van der Waals surface area contributed by atoms with E-state index in [-0.39, 0.29) is 5.69 Å². The topological polar surface area (TPSA) is 42.0 Å². The van der Waals surface area contributed by atoms with Crippen molar-refractivity contribution in [3.05, 3.63) is 59.4 Å². The molecule has 0 aliphatic heterocycles. The first kappa shape index (κ1) is 14.9. The lowest BCUT2D eigenvalue weighted by molar-refractivity contribution is -0.141. The summed E-state index contributed by atoms with van der Waals surface area (Å²) in [5, 5.41) is 2.13. The number of carbonyl (C=O) groups excluding carboxylic acids is 1. The highest BCUT2D eigenvalue weighted by atomic mass is 19.4. The Labute approximate surface area is 115 Å². The van der Waals surface area contributed by atoms with E-state index < -0.39 is 35.0 Å². The molecule has 1 heterocycles. The van der Waals surface area contributed by atoms with Gasteiger partial charge in [0.25, 0.3) is 5.91 Å². The van der Waals surface area contributed by atoms with Crippen molar-refractivity contribution in [3.8, 4) is 0 Å². The van der Waals surface area contributed by atoms with Crippen molar-refractivity contribution in [1.29, 1.82) is 0 Å². The van der Waals surface area contributed by atoms with E-state index in [0.29, 0.717) is 6.07 Å². The molecule has 2 rings (SSSR count). The Morgan fingerprint density at radius 3 is 2.38 bits per heavy atom. The van der Waals surface area contributed by atoms with Crippen LogP contribution < -0.4 is 5.32 Å². The number of anilines is 1. The van der Waals surface area contributed by atoms with E-state index in [4.69, 9.17) is 0 Å². The van der Waals surface area contributed by atoms with Gasteiger partial charge in [0.05, 0.1) is 17.4 Å². The van der Waals surface area contributed by atoms with Crippen LogP contribution >= 0.6 is 0 Å². The van der Waals surface area contributed by atoms with Crippen LogP contribution in [0, 0.1) is 11.6 Å². The van der Waals surface area contributed by atoms with Crippen LogP contribution in [0.15, 0.2) is 36.5 Å². The summed E-state index contributed by atoms with van der Waals surface area (Å²) in [7, 11) is 0. The number of carbonyl (C=O) groups is 1. The summed E-state index contributed by atoms with van der Waals surface area (Å²) in [6, 6.07) is 4.65. The molecule has 110 valence electrons. The molecular weight excluding hydrogens is 295 g/mol. The number of pyridine rings is 1. The lowest BCUT2D eigenvalue weighted by atomic mass is 10.2. The summed E-state index contributed by atoms with van der Waals surface area (Å²) in [4.78, 5) is 14.8. The molecule has 0 fully saturated rings. The third-order valence-corrected chi connectivity index (χ3v) is 2.51. The Hall–Kier alpha value is -2.51. The van der Waals surface area contributed by atoms with Crippen LogP contribution in [0.3, 0.4) is 0 Å². The molecule has 0 bridgehead atoms. The second-order valence-corrected chi connectivity index (χ2v) is 3.99. The minimum Gasteiger partial charge on any atom is -0.320 e. The number of benzene rings is 1. The first-order valence-electron chi connectivity index (χ1n) is 5.57. The van der Waals surface area contributed by atoms with E-state index in [0.717, 1.165) is 30.5 Å². The van der Waals surface area contributed by atoms with E-state index in [2.05, 4.69) is 10.3 Å². The Kier molecular flexibility index (Phi) is 3.88. The van der Waals surface area contributed by atoms with Gasteiger partial charge in [-0.15, -0.1) is 0 Å². The molecule has 0 atom stereocenters. The normalized spacial score (nSPS) is 11.3. The van der Waals surface area contributed by atoms with Gasteiger partial charge < -0.3 is 5.32 Å². The number of amides is 1. The highest BCUT2D eigenvalue weighted by Crippen LogP contribution is 2.27. The second kappa shape index (κ2) is 5.47. The molecule has 1 aromatic heterocycles. The first-order chi connectivity index (χ1) is 9.79. The van der Waals surface area contributed by atoms with Gasteiger partial charge in [-0.2, -0.15) is 13.2 Å². The smallest absolute Gasteiger partial charge is 0.320 e. The van der Waals surface area contributed by atoms with Crippen molar-refractivity contribution < 1.29 is 26.7 Å². The van der Waals surface area contributed by atoms with Crippen LogP contribution in [0.2, 0.25) is 0 Å². The van der Waals surface area contributed by atoms with E-state index in [1.807, 2.05) is 0 Å². The summed E-state index contributed by atoms with van der Waals surface area (Å²) in [6.07, 6.45) is -3.82. The van der Waals surface area contributed by atoms with Gasteiger partial charge in [0.2, 0.25) is 0 Å². The van der Waals surface area contributed by atoms with Crippen LogP contribution in [0.5, 0.6) is 0 Å². The second-order valence-electron chi connectivity index (χ2n) is 3.99. The molecule has 1 aromatic carbocycles. The molecule has 21 heavy (non-hydrogen) atoms. The minimum absolute atomic E-state index is 0.0725. The summed E-state index contributed by atoms with van der Waals surface area (Å²) >= 11 is 0. The number of hydrogen-bond donors (Lipinski definition) is 1. The van der Waals surface area contributed by atoms with Gasteiger partial charge in [-0.3, -0.25) is 4.79 Å². The summed E-state index contributed by atoms with van der Waals surface area (Å²) in [5.41, 5.74) is -1.76. The highest BCUT2D eigenvalue weighted by Gasteiger charge is 2.32. The van der Waals surface area contributed by atoms with Gasteiger partial charge in [0, 0.05) is 0 Å². The molecule has 1 amide bonds. The summed E-state index contributed by atoms with van der Waals surface area (Å²) in [5.74, 6) is -3.53. The zero-order valence-electron chi connectivity index (χ0n) is 10.2. The maximum absolute atomic E-state index is 13.4. The minimum atomic E-state index is -4.60. The third kappa shape index (κ3) is 3.33. The van der Waals surface area contributed by atoms with Gasteiger partial charge in [-0.25, -0.2) is 13.8 Å². The molecule has 0 radical (unpaired) electrons. The SMILES string of the molecule is O=C(Nc1ccc(C(F)(F)F)nc1)c1cccc(F)c1F. The standard InChI is InChI=1S/C13H7F5N2O/c14-9-3-1-2-8(11(9)15)12(21)20-7-4-5-10(19-6-7)13(16,17)18/h1-6H,(H,20,21). The Morgan fingerprint density at radius 2 is 1.81 bits per heavy atom. The number of nitrogens with zero attached hydrogens (tertiary/aromatic N) is 1. The highest BCUT2D eigenvalue weighted by molar-refractivity contribution is 6.04. The van der Waals surface area contributed by atoms with Crippen LogP contribution in [0.4, 0.5) is 27.6 Å². The van der Waals surface area contributed by atoms with Crippen molar-refractivity contribution in [1.82, 2.24) is 4.98 Å². The zero-order chi connectivity index (χ0) is 15.6. The maximum Gasteiger partial charge on any atom is 0.433 e. The van der Waals surface area contributed by atoms with E-state index >= 15 is 0 Å². The predicted octanol–water partition coefficient (Wildman–Crippen LogP) is 3.63. The van der Waals surface area contributed by atoms with Gasteiger partial charge >= 0.3 is 6.18 Å². The van der Waals surface area contributed by atoms with Gasteiger partial charge in [0.15, 0.2) is 11.6 Å². The number of hydrogen-bond acceptors (Lipinski definition) is 2. The molecule has 0 aliphatic rings. The van der Waals surface area contributed by atoms with Crippen molar-refractivity contribution in [2.24, 2.45) is 0 Å². The third-order valence-electron chi connectivity index (χ3n) is 2.51. The molecule has 0 unspecified atom stereocenters. The maximum atomic E-state index is 13.4. The molecule has 0 saturated carbocycles. The van der Waals surface area contributed by atoms with Crippen molar-refractivity contribution in [2.45, 2.75) is 6.18 Å². The Morgan fingerprint density at radius 1 is 1.10 bits per heavy atom. The molecule has 0 aliphatic carbocycles. The fourth-order valence-electron chi connectivity index (χ4n) is 1.51. The lowest BCUT2D eigenvalue weighted by Crippen LogP contribution is -2.15. The van der Waals surface area contributed by atoms with Crippen molar-refractivity contribution >= 4 is 11.6 Å². The van der Waals surface area contributed by atoms with Crippen molar-refractivity contribution in [2.75, 3.05) is 5.32 Å². The Bertz CT molecular complexity index is 667. The molecule has 8 heteroatoms. The average molecular weight is 302 g/mol. The average Bonchev–Trinajstić information content (AvgIpc) is 2.41. The number of rotatable bonds is 2. The van der Waals surface area contributed by atoms with E-state index in [1.165, 1.54) is 0 Å². The van der Waals surface area contributed by atoms with E-state index in [9.17, 15) is 26.7 Å². The number of alkyl halides is 3. The number of nitrogens with one attached hydrogen (secondary N) is 1. The predicted molar refractivity (Wildman–Crippen MR) is 63.6 cm³/mol. The lowest BCUT2D eigenvalue weighted by Gasteiger charge is -2.08. The van der Waals surface area contributed by atoms with E-state index in [1.54, 1.807) is 0 Å².